The average molecular weight is 460 g/mol. The molecular formula is C20H30FN3O4S2. The van der Waals surface area contributed by atoms with Crippen LogP contribution in [0.5, 0.6) is 0 Å². The predicted molar refractivity (Wildman–Crippen MR) is 116 cm³/mol. The minimum Gasteiger partial charge on any atom is -0.352 e. The second kappa shape index (κ2) is 11.1. The van der Waals surface area contributed by atoms with E-state index in [0.29, 0.717) is 19.3 Å². The predicted octanol–water partition coefficient (Wildman–Crippen LogP) is 1.99. The molecule has 0 spiro atoms. The van der Waals surface area contributed by atoms with Gasteiger partial charge in [-0.05, 0) is 69.4 Å². The van der Waals surface area contributed by atoms with Gasteiger partial charge in [0, 0.05) is 25.0 Å². The zero-order valence-electron chi connectivity index (χ0n) is 17.6. The van der Waals surface area contributed by atoms with Crippen LogP contribution in [0, 0.1) is 11.7 Å². The first kappa shape index (κ1) is 24.6. The van der Waals surface area contributed by atoms with Crippen molar-refractivity contribution >= 4 is 33.6 Å². The molecule has 1 saturated heterocycles. The van der Waals surface area contributed by atoms with E-state index in [1.165, 1.54) is 16.4 Å². The van der Waals surface area contributed by atoms with Gasteiger partial charge in [-0.2, -0.15) is 16.1 Å². The van der Waals surface area contributed by atoms with E-state index in [1.807, 2.05) is 20.1 Å². The van der Waals surface area contributed by atoms with Crippen LogP contribution in [0.1, 0.15) is 33.1 Å². The first-order chi connectivity index (χ1) is 14.1. The third kappa shape index (κ3) is 6.68. The van der Waals surface area contributed by atoms with Gasteiger partial charge in [0.05, 0.1) is 4.90 Å². The summed E-state index contributed by atoms with van der Waals surface area (Å²) in [5.74, 6) is -0.539. The number of carbonyl (C=O) groups is 2. The van der Waals surface area contributed by atoms with Crippen LogP contribution in [0.4, 0.5) is 4.39 Å². The molecule has 0 unspecified atom stereocenters. The molecule has 2 rings (SSSR count). The van der Waals surface area contributed by atoms with E-state index in [4.69, 9.17) is 0 Å². The number of piperidine rings is 1. The van der Waals surface area contributed by atoms with Crippen molar-refractivity contribution in [1.82, 2.24) is 14.9 Å². The van der Waals surface area contributed by atoms with Gasteiger partial charge in [-0.25, -0.2) is 12.8 Å². The lowest BCUT2D eigenvalue weighted by molar-refractivity contribution is -0.132. The Bertz CT molecular complexity index is 823. The number of hydrogen-bond acceptors (Lipinski definition) is 5. The van der Waals surface area contributed by atoms with Crippen molar-refractivity contribution in [2.75, 3.05) is 25.1 Å². The first-order valence-electron chi connectivity index (χ1n) is 10.0. The van der Waals surface area contributed by atoms with Gasteiger partial charge in [0.1, 0.15) is 11.9 Å². The molecule has 2 amide bonds. The van der Waals surface area contributed by atoms with Gasteiger partial charge in [-0.1, -0.05) is 0 Å². The lowest BCUT2D eigenvalue weighted by atomic mass is 9.96. The molecule has 1 fully saturated rings. The lowest BCUT2D eigenvalue weighted by Gasteiger charge is -2.31. The number of rotatable bonds is 9. The van der Waals surface area contributed by atoms with Crippen molar-refractivity contribution in [2.45, 2.75) is 50.1 Å². The molecule has 10 heteroatoms. The van der Waals surface area contributed by atoms with Gasteiger partial charge in [-0.3, -0.25) is 9.59 Å². The summed E-state index contributed by atoms with van der Waals surface area (Å²) in [5, 5.41) is 5.68. The van der Waals surface area contributed by atoms with E-state index in [9.17, 15) is 22.4 Å². The second-order valence-corrected chi connectivity index (χ2v) is 10.6. The summed E-state index contributed by atoms with van der Waals surface area (Å²) in [6.45, 7) is 4.13. The maximum Gasteiger partial charge on any atom is 0.243 e. The maximum absolute atomic E-state index is 13.1. The third-order valence-corrected chi connectivity index (χ3v) is 7.51. The zero-order valence-corrected chi connectivity index (χ0v) is 19.2. The Morgan fingerprint density at radius 1 is 1.17 bits per heavy atom. The highest BCUT2D eigenvalue weighted by atomic mass is 32.2. The summed E-state index contributed by atoms with van der Waals surface area (Å²) in [4.78, 5) is 25.1. The number of benzene rings is 1. The molecule has 0 bridgehead atoms. The van der Waals surface area contributed by atoms with Crippen LogP contribution < -0.4 is 10.6 Å². The molecule has 168 valence electrons. The molecule has 1 aromatic rings. The van der Waals surface area contributed by atoms with Crippen LogP contribution in [0.2, 0.25) is 0 Å². The molecule has 0 aliphatic carbocycles. The van der Waals surface area contributed by atoms with Crippen LogP contribution in [0.25, 0.3) is 0 Å². The van der Waals surface area contributed by atoms with E-state index in [2.05, 4.69) is 10.6 Å². The molecule has 1 atom stereocenters. The zero-order chi connectivity index (χ0) is 22.3. The van der Waals surface area contributed by atoms with E-state index in [-0.39, 0.29) is 41.8 Å². The fourth-order valence-electron chi connectivity index (χ4n) is 3.29. The summed E-state index contributed by atoms with van der Waals surface area (Å²) in [6, 6.07) is 4.09. The summed E-state index contributed by atoms with van der Waals surface area (Å²) in [7, 11) is -3.72. The van der Waals surface area contributed by atoms with Gasteiger partial charge in [-0.15, -0.1) is 0 Å². The second-order valence-electron chi connectivity index (χ2n) is 7.64. The largest absolute Gasteiger partial charge is 0.352 e. The Morgan fingerprint density at radius 3 is 2.30 bits per heavy atom. The SMILES string of the molecule is CSCC[C@@H](NC(=O)C1CCN(S(=O)(=O)c2ccc(F)cc2)CC1)C(=O)NC(C)C. The molecule has 0 aromatic heterocycles. The number of thioether (sulfide) groups is 1. The van der Waals surface area contributed by atoms with Crippen LogP contribution in [0.15, 0.2) is 29.2 Å². The molecule has 1 heterocycles. The Labute approximate surface area is 182 Å². The van der Waals surface area contributed by atoms with E-state index in [1.54, 1.807) is 11.8 Å². The summed E-state index contributed by atoms with van der Waals surface area (Å²) in [6.07, 6.45) is 3.21. The molecule has 1 aromatic carbocycles. The minimum atomic E-state index is -3.72. The topological polar surface area (TPSA) is 95.6 Å². The van der Waals surface area contributed by atoms with E-state index >= 15 is 0 Å². The molecule has 0 radical (unpaired) electrons. The molecule has 1 aliphatic heterocycles. The van der Waals surface area contributed by atoms with Crippen LogP contribution in [-0.4, -0.2) is 61.7 Å². The van der Waals surface area contributed by atoms with Crippen LogP contribution in [-0.2, 0) is 19.6 Å². The summed E-state index contributed by atoms with van der Waals surface area (Å²) < 4.78 is 39.8. The Hall–Kier alpha value is -1.65. The summed E-state index contributed by atoms with van der Waals surface area (Å²) in [5.41, 5.74) is 0. The minimum absolute atomic E-state index is 0.0221. The Balaban J connectivity index is 1.96. The molecule has 30 heavy (non-hydrogen) atoms. The van der Waals surface area contributed by atoms with E-state index < -0.39 is 21.9 Å². The highest BCUT2D eigenvalue weighted by molar-refractivity contribution is 7.98. The molecule has 0 saturated carbocycles. The third-order valence-electron chi connectivity index (χ3n) is 4.95. The van der Waals surface area contributed by atoms with Crippen molar-refractivity contribution in [2.24, 2.45) is 5.92 Å². The first-order valence-corrected chi connectivity index (χ1v) is 12.8. The van der Waals surface area contributed by atoms with Crippen molar-refractivity contribution in [3.8, 4) is 0 Å². The Kier molecular flexibility index (Phi) is 9.11. The molecule has 2 N–H and O–H groups in total. The van der Waals surface area contributed by atoms with Gasteiger partial charge in [0.25, 0.3) is 0 Å². The molecular weight excluding hydrogens is 429 g/mol. The number of nitrogens with zero attached hydrogens (tertiary/aromatic N) is 1. The molecule has 7 nitrogen and oxygen atoms in total. The van der Waals surface area contributed by atoms with Gasteiger partial charge in [0.15, 0.2) is 0 Å². The van der Waals surface area contributed by atoms with Gasteiger partial charge < -0.3 is 10.6 Å². The highest BCUT2D eigenvalue weighted by Crippen LogP contribution is 2.24. The number of amides is 2. The smallest absolute Gasteiger partial charge is 0.243 e. The fourth-order valence-corrected chi connectivity index (χ4v) is 5.23. The quantitative estimate of drug-likeness (QED) is 0.589. The monoisotopic (exact) mass is 459 g/mol. The van der Waals surface area contributed by atoms with Crippen molar-refractivity contribution in [1.29, 1.82) is 0 Å². The number of halogens is 1. The fraction of sp³-hybridized carbons (Fsp3) is 0.600. The lowest BCUT2D eigenvalue weighted by Crippen LogP contribution is -2.51. The van der Waals surface area contributed by atoms with Crippen molar-refractivity contribution in [3.63, 3.8) is 0 Å². The average Bonchev–Trinajstić information content (AvgIpc) is 2.70. The van der Waals surface area contributed by atoms with Crippen LogP contribution in [0.3, 0.4) is 0 Å². The van der Waals surface area contributed by atoms with Crippen molar-refractivity contribution in [3.05, 3.63) is 30.1 Å². The van der Waals surface area contributed by atoms with Crippen molar-refractivity contribution < 1.29 is 22.4 Å². The Morgan fingerprint density at radius 2 is 1.77 bits per heavy atom. The maximum atomic E-state index is 13.1. The van der Waals surface area contributed by atoms with E-state index in [0.717, 1.165) is 17.9 Å². The molecule has 1 aliphatic rings. The number of carbonyl (C=O) groups excluding carboxylic acids is 2. The number of nitrogens with one attached hydrogen (secondary N) is 2. The number of sulfonamides is 1. The van der Waals surface area contributed by atoms with Crippen LogP contribution >= 0.6 is 11.8 Å². The normalized spacial score (nSPS) is 17.0. The van der Waals surface area contributed by atoms with Gasteiger partial charge >= 0.3 is 0 Å². The highest BCUT2D eigenvalue weighted by Gasteiger charge is 2.33. The standard InChI is InChI=1S/C20H30FN3O4S2/c1-14(2)22-20(26)18(10-13-29-3)23-19(25)15-8-11-24(12-9-15)30(27,28)17-6-4-16(21)5-7-17/h4-7,14-15,18H,8-13H2,1-3H3,(H,22,26)(H,23,25)/t18-/m1/s1. The summed E-state index contributed by atoms with van der Waals surface area (Å²) >= 11 is 1.60. The van der Waals surface area contributed by atoms with Gasteiger partial charge in [0.2, 0.25) is 21.8 Å². The number of hydrogen-bond donors (Lipinski definition) is 2.